The van der Waals surface area contributed by atoms with Gasteiger partial charge in [-0.15, -0.1) is 5.10 Å². The number of fused-ring (bicyclic) bond motifs is 1. The summed E-state index contributed by atoms with van der Waals surface area (Å²) in [6, 6.07) is 20.1. The van der Waals surface area contributed by atoms with Crippen molar-refractivity contribution < 1.29 is 14.3 Å². The molecule has 0 aliphatic carbocycles. The van der Waals surface area contributed by atoms with Crippen LogP contribution in [0.25, 0.3) is 22.3 Å². The van der Waals surface area contributed by atoms with E-state index in [-0.39, 0.29) is 11.8 Å². The molecule has 2 aromatic heterocycles. The van der Waals surface area contributed by atoms with Crippen molar-refractivity contribution in [3.63, 3.8) is 0 Å². The Labute approximate surface area is 222 Å². The van der Waals surface area contributed by atoms with Crippen molar-refractivity contribution in [2.75, 3.05) is 17.7 Å². The van der Waals surface area contributed by atoms with Crippen LogP contribution in [-0.2, 0) is 11.2 Å². The Balaban J connectivity index is 1.26. The number of para-hydroxylation sites is 1. The van der Waals surface area contributed by atoms with E-state index in [1.54, 1.807) is 37.4 Å². The van der Waals surface area contributed by atoms with Crippen LogP contribution in [0.3, 0.4) is 0 Å². The second-order valence-electron chi connectivity index (χ2n) is 8.60. The van der Waals surface area contributed by atoms with Gasteiger partial charge in [0.1, 0.15) is 11.4 Å². The van der Waals surface area contributed by atoms with E-state index in [2.05, 4.69) is 36.2 Å². The fourth-order valence-corrected chi connectivity index (χ4v) is 4.30. The maximum atomic E-state index is 13.1. The number of hydrogen-bond donors (Lipinski definition) is 4. The van der Waals surface area contributed by atoms with E-state index in [0.717, 1.165) is 23.1 Å². The van der Waals surface area contributed by atoms with Crippen LogP contribution in [0.2, 0.25) is 5.02 Å². The fraction of sp³-hybridized carbons (Fsp3) is 0.148. The van der Waals surface area contributed by atoms with Gasteiger partial charge in [-0.25, -0.2) is 5.10 Å². The molecule has 11 heteroatoms. The number of ether oxygens (including phenoxy) is 1. The second-order valence-corrected chi connectivity index (χ2v) is 9.03. The van der Waals surface area contributed by atoms with Gasteiger partial charge in [-0.3, -0.25) is 9.59 Å². The van der Waals surface area contributed by atoms with Gasteiger partial charge in [-0.2, -0.15) is 0 Å². The molecule has 0 radical (unpaired) electrons. The lowest BCUT2D eigenvalue weighted by Crippen LogP contribution is -2.13. The monoisotopic (exact) mass is 529 g/mol. The summed E-state index contributed by atoms with van der Waals surface area (Å²) >= 11 is 6.13. The number of aryl methyl sites for hydroxylation is 1. The van der Waals surface area contributed by atoms with Gasteiger partial charge in [-0.1, -0.05) is 35.9 Å². The molecular formula is C27H24ClN7O3. The number of halogens is 1. The summed E-state index contributed by atoms with van der Waals surface area (Å²) in [5.41, 5.74) is 3.78. The molecule has 0 fully saturated rings. The quantitative estimate of drug-likeness (QED) is 0.206. The number of methoxy groups -OCH3 is 1. The lowest BCUT2D eigenvalue weighted by Gasteiger charge is -2.09. The zero-order valence-electron chi connectivity index (χ0n) is 20.4. The summed E-state index contributed by atoms with van der Waals surface area (Å²) in [5, 5.41) is 20.9. The van der Waals surface area contributed by atoms with Crippen molar-refractivity contribution in [1.82, 2.24) is 25.6 Å². The first-order valence-electron chi connectivity index (χ1n) is 11.9. The zero-order chi connectivity index (χ0) is 26.5. The molecule has 2 heterocycles. The SMILES string of the molecule is COc1ccc(CCCC(=O)Nc2cccc3cc(C(=O)Nc4ccc(Cl)cc4-c4nnn[nH]4)[nH]c23)cc1. The van der Waals surface area contributed by atoms with E-state index in [0.29, 0.717) is 51.8 Å². The summed E-state index contributed by atoms with van der Waals surface area (Å²) in [6.45, 7) is 0. The van der Waals surface area contributed by atoms with Crippen molar-refractivity contribution in [3.05, 3.63) is 83.0 Å². The van der Waals surface area contributed by atoms with Crippen molar-refractivity contribution >= 4 is 45.7 Å². The minimum absolute atomic E-state index is 0.0990. The Morgan fingerprint density at radius 2 is 1.84 bits per heavy atom. The molecular weight excluding hydrogens is 506 g/mol. The molecule has 3 aromatic carbocycles. The van der Waals surface area contributed by atoms with Gasteiger partial charge in [-0.05, 0) is 71.3 Å². The van der Waals surface area contributed by atoms with Crippen LogP contribution in [0.5, 0.6) is 5.75 Å². The van der Waals surface area contributed by atoms with Gasteiger partial charge >= 0.3 is 0 Å². The number of carbonyl (C=O) groups is 2. The number of H-pyrrole nitrogens is 2. The Bertz CT molecular complexity index is 1580. The highest BCUT2D eigenvalue weighted by Crippen LogP contribution is 2.29. The average Bonchev–Trinajstić information content (AvgIpc) is 3.61. The summed E-state index contributed by atoms with van der Waals surface area (Å²) in [4.78, 5) is 28.9. The Hall–Kier alpha value is -4.70. The average molecular weight is 530 g/mol. The number of benzene rings is 3. The van der Waals surface area contributed by atoms with E-state index in [1.807, 2.05) is 36.4 Å². The molecule has 2 amide bonds. The molecule has 0 saturated heterocycles. The lowest BCUT2D eigenvalue weighted by atomic mass is 10.1. The number of anilines is 2. The van der Waals surface area contributed by atoms with Gasteiger partial charge < -0.3 is 20.4 Å². The molecule has 5 aromatic rings. The molecule has 10 nitrogen and oxygen atoms in total. The van der Waals surface area contributed by atoms with Crippen molar-refractivity contribution in [1.29, 1.82) is 0 Å². The predicted octanol–water partition coefficient (Wildman–Crippen LogP) is 5.22. The lowest BCUT2D eigenvalue weighted by molar-refractivity contribution is -0.116. The third-order valence-corrected chi connectivity index (χ3v) is 6.27. The molecule has 0 saturated carbocycles. The number of aromatic amines is 2. The minimum Gasteiger partial charge on any atom is -0.497 e. The number of rotatable bonds is 9. The normalized spacial score (nSPS) is 10.9. The second kappa shape index (κ2) is 11.1. The van der Waals surface area contributed by atoms with Crippen molar-refractivity contribution in [2.45, 2.75) is 19.3 Å². The van der Waals surface area contributed by atoms with Crippen LogP contribution in [0.4, 0.5) is 11.4 Å². The zero-order valence-corrected chi connectivity index (χ0v) is 21.2. The molecule has 0 aliphatic heterocycles. The van der Waals surface area contributed by atoms with Gasteiger partial charge in [0.15, 0.2) is 5.82 Å². The van der Waals surface area contributed by atoms with Crippen LogP contribution in [0.15, 0.2) is 66.7 Å². The van der Waals surface area contributed by atoms with Crippen molar-refractivity contribution in [2.24, 2.45) is 0 Å². The number of nitrogens with zero attached hydrogens (tertiary/aromatic N) is 3. The topological polar surface area (TPSA) is 138 Å². The van der Waals surface area contributed by atoms with Crippen molar-refractivity contribution in [3.8, 4) is 17.1 Å². The van der Waals surface area contributed by atoms with E-state index in [1.165, 1.54) is 0 Å². The third-order valence-electron chi connectivity index (χ3n) is 6.03. The van der Waals surface area contributed by atoms with Crippen LogP contribution in [-0.4, -0.2) is 44.5 Å². The minimum atomic E-state index is -0.367. The first kappa shape index (κ1) is 25.0. The summed E-state index contributed by atoms with van der Waals surface area (Å²) in [5.74, 6) is 0.711. The van der Waals surface area contributed by atoms with E-state index >= 15 is 0 Å². The Morgan fingerprint density at radius 3 is 2.61 bits per heavy atom. The number of hydrogen-bond acceptors (Lipinski definition) is 6. The molecule has 0 bridgehead atoms. The van der Waals surface area contributed by atoms with Crippen LogP contribution < -0.4 is 15.4 Å². The highest BCUT2D eigenvalue weighted by Gasteiger charge is 2.16. The fourth-order valence-electron chi connectivity index (χ4n) is 4.12. The highest BCUT2D eigenvalue weighted by atomic mass is 35.5. The van der Waals surface area contributed by atoms with Crippen LogP contribution in [0.1, 0.15) is 28.9 Å². The molecule has 192 valence electrons. The first-order valence-corrected chi connectivity index (χ1v) is 12.3. The number of amides is 2. The standard InChI is InChI=1S/C27H24ClN7O3/c1-38-19-11-8-16(9-12-19)4-2-7-24(36)29-22-6-3-5-17-14-23(30-25(17)22)27(37)31-21-13-10-18(28)15-20(21)26-32-34-35-33-26/h3,5-6,8-15,30H,2,4,7H2,1H3,(H,29,36)(H,31,37)(H,32,33,34,35). The molecule has 0 aliphatic rings. The molecule has 0 spiro atoms. The van der Waals surface area contributed by atoms with E-state index in [9.17, 15) is 9.59 Å². The third kappa shape index (κ3) is 5.65. The van der Waals surface area contributed by atoms with Gasteiger partial charge in [0.25, 0.3) is 5.91 Å². The van der Waals surface area contributed by atoms with Gasteiger partial charge in [0, 0.05) is 22.4 Å². The molecule has 0 atom stereocenters. The molecule has 4 N–H and O–H groups in total. The summed E-state index contributed by atoms with van der Waals surface area (Å²) < 4.78 is 5.18. The largest absolute Gasteiger partial charge is 0.497 e. The number of aromatic nitrogens is 5. The van der Waals surface area contributed by atoms with Gasteiger partial charge in [0.05, 0.1) is 24.0 Å². The smallest absolute Gasteiger partial charge is 0.272 e. The summed E-state index contributed by atoms with van der Waals surface area (Å²) in [7, 11) is 1.63. The molecule has 38 heavy (non-hydrogen) atoms. The Kier molecular flexibility index (Phi) is 7.32. The molecule has 5 rings (SSSR count). The summed E-state index contributed by atoms with van der Waals surface area (Å²) in [6.07, 6.45) is 1.86. The predicted molar refractivity (Wildman–Crippen MR) is 145 cm³/mol. The number of tetrazole rings is 1. The van der Waals surface area contributed by atoms with Crippen LogP contribution >= 0.6 is 11.6 Å². The van der Waals surface area contributed by atoms with E-state index < -0.39 is 0 Å². The highest BCUT2D eigenvalue weighted by molar-refractivity contribution is 6.31. The van der Waals surface area contributed by atoms with E-state index in [4.69, 9.17) is 16.3 Å². The first-order chi connectivity index (χ1) is 18.5. The maximum absolute atomic E-state index is 13.1. The number of carbonyl (C=O) groups excluding carboxylic acids is 2. The van der Waals surface area contributed by atoms with Crippen LogP contribution in [0, 0.1) is 0 Å². The molecule has 0 unspecified atom stereocenters. The maximum Gasteiger partial charge on any atom is 0.272 e. The van der Waals surface area contributed by atoms with Gasteiger partial charge in [0.2, 0.25) is 5.91 Å². The number of nitrogens with one attached hydrogen (secondary N) is 4. The Morgan fingerprint density at radius 1 is 1.00 bits per heavy atom.